The lowest BCUT2D eigenvalue weighted by atomic mass is 9.97. The van der Waals surface area contributed by atoms with Crippen LogP contribution in [0.3, 0.4) is 0 Å². The highest BCUT2D eigenvalue weighted by Crippen LogP contribution is 2.21. The Morgan fingerprint density at radius 3 is 2.52 bits per heavy atom. The normalized spacial score (nSPS) is 16.3. The number of carbonyl (C=O) groups is 2. The summed E-state index contributed by atoms with van der Waals surface area (Å²) in [5.74, 6) is -0.469. The van der Waals surface area contributed by atoms with Gasteiger partial charge in [-0.05, 0) is 32.1 Å². The summed E-state index contributed by atoms with van der Waals surface area (Å²) in [6, 6.07) is 0. The molecule has 120 valence electrons. The highest BCUT2D eigenvalue weighted by molar-refractivity contribution is 5.79. The number of esters is 1. The number of methoxy groups -OCH3 is 1. The van der Waals surface area contributed by atoms with Crippen LogP contribution in [0.4, 0.5) is 0 Å². The molecular formula is C17H29NO3. The van der Waals surface area contributed by atoms with Crippen LogP contribution in [-0.4, -0.2) is 37.0 Å². The number of ether oxygens (including phenoxy) is 1. The Morgan fingerprint density at radius 2 is 2.00 bits per heavy atom. The van der Waals surface area contributed by atoms with Gasteiger partial charge in [-0.15, -0.1) is 0 Å². The molecule has 1 atom stereocenters. The smallest absolute Gasteiger partial charge is 0.310 e. The lowest BCUT2D eigenvalue weighted by molar-refractivity contribution is -0.146. The summed E-state index contributed by atoms with van der Waals surface area (Å²) in [7, 11) is 1.39. The number of rotatable bonds is 7. The molecule has 21 heavy (non-hydrogen) atoms. The zero-order valence-corrected chi connectivity index (χ0v) is 13.9. The lowest BCUT2D eigenvalue weighted by Gasteiger charge is -2.27. The van der Waals surface area contributed by atoms with Gasteiger partial charge in [0.15, 0.2) is 0 Å². The summed E-state index contributed by atoms with van der Waals surface area (Å²) in [5.41, 5.74) is 1.45. The van der Waals surface area contributed by atoms with Crippen molar-refractivity contribution in [1.82, 2.24) is 4.90 Å². The number of hydrogen-bond donors (Lipinski definition) is 0. The van der Waals surface area contributed by atoms with Crippen LogP contribution in [0.15, 0.2) is 11.6 Å². The minimum absolute atomic E-state index is 0.0461. The molecule has 0 aromatic carbocycles. The molecule has 0 saturated carbocycles. The van der Waals surface area contributed by atoms with Crippen LogP contribution in [0.1, 0.15) is 52.9 Å². The Balaban J connectivity index is 2.61. The molecule has 0 aromatic heterocycles. The van der Waals surface area contributed by atoms with E-state index < -0.39 is 0 Å². The average molecular weight is 295 g/mol. The molecular weight excluding hydrogens is 266 g/mol. The van der Waals surface area contributed by atoms with Crippen LogP contribution in [0.5, 0.6) is 0 Å². The molecule has 1 unspecified atom stereocenters. The number of carbonyl (C=O) groups excluding carboxylic acids is 2. The van der Waals surface area contributed by atoms with Gasteiger partial charge in [0.1, 0.15) is 0 Å². The molecule has 1 aliphatic carbocycles. The Hall–Kier alpha value is -1.32. The average Bonchev–Trinajstić information content (AvgIpc) is 2.50. The summed E-state index contributed by atoms with van der Waals surface area (Å²) in [6.45, 7) is 6.75. The molecule has 0 aliphatic heterocycles. The first-order valence-corrected chi connectivity index (χ1v) is 8.00. The van der Waals surface area contributed by atoms with E-state index in [1.54, 1.807) is 0 Å². The third kappa shape index (κ3) is 5.90. The van der Waals surface area contributed by atoms with Crippen molar-refractivity contribution in [2.45, 2.75) is 52.9 Å². The van der Waals surface area contributed by atoms with Crippen molar-refractivity contribution in [3.8, 4) is 0 Å². The highest BCUT2D eigenvalue weighted by atomic mass is 16.5. The van der Waals surface area contributed by atoms with Crippen molar-refractivity contribution < 1.29 is 14.3 Å². The molecule has 1 amide bonds. The first-order valence-electron chi connectivity index (χ1n) is 8.00. The van der Waals surface area contributed by atoms with E-state index in [0.717, 1.165) is 19.3 Å². The topological polar surface area (TPSA) is 46.6 Å². The predicted octanol–water partition coefficient (Wildman–Crippen LogP) is 3.17. The summed E-state index contributed by atoms with van der Waals surface area (Å²) in [6.07, 6.45) is 8.07. The van der Waals surface area contributed by atoms with Crippen molar-refractivity contribution in [2.24, 2.45) is 11.8 Å². The van der Waals surface area contributed by atoms with Crippen LogP contribution in [0, 0.1) is 11.8 Å². The first kappa shape index (κ1) is 17.7. The maximum absolute atomic E-state index is 12.3. The maximum atomic E-state index is 12.3. The van der Waals surface area contributed by atoms with Gasteiger partial charge in [0.2, 0.25) is 5.91 Å². The second-order valence-electron chi connectivity index (χ2n) is 6.22. The van der Waals surface area contributed by atoms with Crippen LogP contribution in [0.25, 0.3) is 0 Å². The van der Waals surface area contributed by atoms with Crippen LogP contribution in [-0.2, 0) is 14.3 Å². The molecule has 0 aromatic rings. The van der Waals surface area contributed by atoms with E-state index in [1.807, 2.05) is 25.7 Å². The molecule has 0 fully saturated rings. The Kier molecular flexibility index (Phi) is 7.48. The van der Waals surface area contributed by atoms with Gasteiger partial charge in [-0.2, -0.15) is 0 Å². The Morgan fingerprint density at radius 1 is 1.29 bits per heavy atom. The van der Waals surface area contributed by atoms with E-state index in [2.05, 4.69) is 6.08 Å². The molecule has 4 heteroatoms. The minimum Gasteiger partial charge on any atom is -0.469 e. The van der Waals surface area contributed by atoms with E-state index in [1.165, 1.54) is 25.5 Å². The molecule has 0 saturated heterocycles. The molecule has 0 heterocycles. The number of nitrogens with zero attached hydrogens (tertiary/aromatic N) is 1. The zero-order chi connectivity index (χ0) is 15.8. The maximum Gasteiger partial charge on any atom is 0.310 e. The largest absolute Gasteiger partial charge is 0.469 e. The summed E-state index contributed by atoms with van der Waals surface area (Å²) in [4.78, 5) is 25.7. The van der Waals surface area contributed by atoms with Crippen molar-refractivity contribution in [3.05, 3.63) is 11.6 Å². The fraction of sp³-hybridized carbons (Fsp3) is 0.765. The molecule has 0 spiro atoms. The summed E-state index contributed by atoms with van der Waals surface area (Å²) < 4.78 is 4.76. The fourth-order valence-electron chi connectivity index (χ4n) is 2.67. The van der Waals surface area contributed by atoms with E-state index in [0.29, 0.717) is 13.1 Å². The first-order chi connectivity index (χ1) is 9.95. The number of allylic oxidation sites excluding steroid dienone is 1. The molecule has 0 radical (unpaired) electrons. The van der Waals surface area contributed by atoms with Gasteiger partial charge in [0.25, 0.3) is 0 Å². The van der Waals surface area contributed by atoms with Gasteiger partial charge in [-0.1, -0.05) is 32.4 Å². The van der Waals surface area contributed by atoms with E-state index in [-0.39, 0.29) is 23.7 Å². The Bertz CT molecular complexity index is 387. The SMILES string of the molecule is COC(=O)C(C)CN(CCC1=CCCCC1)C(=O)C(C)C. The third-order valence-corrected chi connectivity index (χ3v) is 3.99. The van der Waals surface area contributed by atoms with Gasteiger partial charge >= 0.3 is 5.97 Å². The molecule has 0 bridgehead atoms. The molecule has 0 N–H and O–H groups in total. The second-order valence-corrected chi connectivity index (χ2v) is 6.22. The minimum atomic E-state index is -0.280. The van der Waals surface area contributed by atoms with Gasteiger partial charge in [-0.25, -0.2) is 0 Å². The number of hydrogen-bond acceptors (Lipinski definition) is 3. The predicted molar refractivity (Wildman–Crippen MR) is 83.8 cm³/mol. The lowest BCUT2D eigenvalue weighted by Crippen LogP contribution is -2.40. The van der Waals surface area contributed by atoms with E-state index in [9.17, 15) is 9.59 Å². The van der Waals surface area contributed by atoms with Crippen LogP contribution < -0.4 is 0 Å². The van der Waals surface area contributed by atoms with Crippen molar-refractivity contribution >= 4 is 11.9 Å². The van der Waals surface area contributed by atoms with Gasteiger partial charge in [0.05, 0.1) is 13.0 Å². The van der Waals surface area contributed by atoms with Crippen LogP contribution in [0.2, 0.25) is 0 Å². The molecule has 1 aliphatic rings. The van der Waals surface area contributed by atoms with Crippen LogP contribution >= 0.6 is 0 Å². The van der Waals surface area contributed by atoms with E-state index in [4.69, 9.17) is 4.74 Å². The van der Waals surface area contributed by atoms with Gasteiger partial charge in [-0.3, -0.25) is 9.59 Å². The van der Waals surface area contributed by atoms with Gasteiger partial charge in [0, 0.05) is 19.0 Å². The highest BCUT2D eigenvalue weighted by Gasteiger charge is 2.23. The number of amides is 1. The zero-order valence-electron chi connectivity index (χ0n) is 13.9. The standard InChI is InChI=1S/C17H29NO3/c1-13(2)16(19)18(12-14(3)17(20)21-4)11-10-15-8-6-5-7-9-15/h8,13-14H,5-7,9-12H2,1-4H3. The second kappa shape index (κ2) is 8.85. The Labute approximate surface area is 128 Å². The van der Waals surface area contributed by atoms with Crippen molar-refractivity contribution in [2.75, 3.05) is 20.2 Å². The third-order valence-electron chi connectivity index (χ3n) is 3.99. The molecule has 1 rings (SSSR count). The fourth-order valence-corrected chi connectivity index (χ4v) is 2.67. The summed E-state index contributed by atoms with van der Waals surface area (Å²) in [5, 5.41) is 0. The van der Waals surface area contributed by atoms with Crippen molar-refractivity contribution in [1.29, 1.82) is 0 Å². The molecule has 4 nitrogen and oxygen atoms in total. The monoisotopic (exact) mass is 295 g/mol. The quantitative estimate of drug-likeness (QED) is 0.535. The van der Waals surface area contributed by atoms with E-state index >= 15 is 0 Å². The van der Waals surface area contributed by atoms with Gasteiger partial charge < -0.3 is 9.64 Å². The summed E-state index contributed by atoms with van der Waals surface area (Å²) >= 11 is 0. The van der Waals surface area contributed by atoms with Crippen molar-refractivity contribution in [3.63, 3.8) is 0 Å².